The van der Waals surface area contributed by atoms with Crippen LogP contribution in [0.2, 0.25) is 5.02 Å². The van der Waals surface area contributed by atoms with Gasteiger partial charge in [0, 0.05) is 31.7 Å². The number of hydrogen-bond donors (Lipinski definition) is 3. The maximum Gasteiger partial charge on any atom is 0.240 e. The average molecular weight is 453 g/mol. The van der Waals surface area contributed by atoms with Crippen LogP contribution < -0.4 is 20.7 Å². The van der Waals surface area contributed by atoms with Crippen molar-refractivity contribution in [2.45, 2.75) is 38.6 Å². The number of nitrogens with one attached hydrogen (secondary N) is 3. The van der Waals surface area contributed by atoms with Gasteiger partial charge in [0.05, 0.1) is 12.6 Å². The Kier molecular flexibility index (Phi) is 10.6. The third-order valence-corrected chi connectivity index (χ3v) is 5.33. The summed E-state index contributed by atoms with van der Waals surface area (Å²) in [5.74, 6) is 0.784. The second-order valence-corrected chi connectivity index (χ2v) is 8.13. The van der Waals surface area contributed by atoms with Gasteiger partial charge < -0.3 is 25.6 Å². The van der Waals surface area contributed by atoms with E-state index in [0.717, 1.165) is 31.2 Å². The number of hydrogen-bond acceptors (Lipinski definition) is 5. The maximum absolute atomic E-state index is 12.8. The molecule has 1 aromatic carbocycles. The molecule has 3 amide bonds. The van der Waals surface area contributed by atoms with Crippen molar-refractivity contribution in [3.05, 3.63) is 28.8 Å². The van der Waals surface area contributed by atoms with Gasteiger partial charge in [0.15, 0.2) is 0 Å². The van der Waals surface area contributed by atoms with Crippen molar-refractivity contribution in [1.29, 1.82) is 0 Å². The smallest absolute Gasteiger partial charge is 0.240 e. The molecule has 1 saturated carbocycles. The summed E-state index contributed by atoms with van der Waals surface area (Å²) in [7, 11) is 1.66. The van der Waals surface area contributed by atoms with Gasteiger partial charge in [-0.25, -0.2) is 0 Å². The summed E-state index contributed by atoms with van der Waals surface area (Å²) in [5, 5.41) is 9.26. The van der Waals surface area contributed by atoms with Crippen molar-refractivity contribution in [3.63, 3.8) is 0 Å². The van der Waals surface area contributed by atoms with Crippen molar-refractivity contribution in [1.82, 2.24) is 20.9 Å². The quantitative estimate of drug-likeness (QED) is 0.275. The summed E-state index contributed by atoms with van der Waals surface area (Å²) in [6.07, 6.45) is 4.26. The van der Waals surface area contributed by atoms with Crippen LogP contribution in [-0.4, -0.2) is 69.0 Å². The predicted octanol–water partition coefficient (Wildman–Crippen LogP) is 1.36. The predicted molar refractivity (Wildman–Crippen MR) is 120 cm³/mol. The first-order chi connectivity index (χ1) is 15.0. The van der Waals surface area contributed by atoms with Gasteiger partial charge in [0.1, 0.15) is 12.4 Å². The van der Waals surface area contributed by atoms with Gasteiger partial charge in [-0.05, 0) is 56.2 Å². The fourth-order valence-electron chi connectivity index (χ4n) is 3.35. The molecular formula is C22H33ClN4O4. The Morgan fingerprint density at radius 2 is 2.10 bits per heavy atom. The second-order valence-electron chi connectivity index (χ2n) is 7.69. The molecular weight excluding hydrogens is 420 g/mol. The first-order valence-corrected chi connectivity index (χ1v) is 11.2. The molecule has 0 aromatic heterocycles. The largest absolute Gasteiger partial charge is 0.492 e. The Hall–Kier alpha value is -2.32. The molecule has 1 unspecified atom stereocenters. The number of carbonyl (C=O) groups excluding carboxylic acids is 3. The number of aryl methyl sites for hydroxylation is 1. The van der Waals surface area contributed by atoms with Gasteiger partial charge >= 0.3 is 0 Å². The number of nitrogens with zero attached hydrogens (tertiary/aromatic N) is 1. The fraction of sp³-hybridized carbons (Fsp3) is 0.591. The third-order valence-electron chi connectivity index (χ3n) is 5.09. The van der Waals surface area contributed by atoms with E-state index < -0.39 is 0 Å². The third kappa shape index (κ3) is 8.75. The zero-order valence-corrected chi connectivity index (χ0v) is 19.0. The summed E-state index contributed by atoms with van der Waals surface area (Å²) in [5.41, 5.74) is 1.02. The number of rotatable bonds is 15. The van der Waals surface area contributed by atoms with E-state index in [2.05, 4.69) is 16.0 Å². The molecule has 31 heavy (non-hydrogen) atoms. The van der Waals surface area contributed by atoms with Gasteiger partial charge in [-0.3, -0.25) is 14.4 Å². The van der Waals surface area contributed by atoms with E-state index in [1.54, 1.807) is 13.1 Å². The molecule has 8 nitrogen and oxygen atoms in total. The summed E-state index contributed by atoms with van der Waals surface area (Å²) >= 11 is 6.12. The highest BCUT2D eigenvalue weighted by molar-refractivity contribution is 6.30. The van der Waals surface area contributed by atoms with Gasteiger partial charge in [-0.15, -0.1) is 0 Å². The van der Waals surface area contributed by atoms with Gasteiger partial charge in [-0.2, -0.15) is 0 Å². The molecule has 0 aliphatic heterocycles. The Morgan fingerprint density at radius 1 is 1.32 bits per heavy atom. The molecule has 0 bridgehead atoms. The zero-order chi connectivity index (χ0) is 22.6. The number of carbonyl (C=O) groups is 3. The molecule has 9 heteroatoms. The molecule has 1 atom stereocenters. The summed E-state index contributed by atoms with van der Waals surface area (Å²) in [6.45, 7) is 3.93. The Morgan fingerprint density at radius 3 is 2.77 bits per heavy atom. The van der Waals surface area contributed by atoms with Crippen molar-refractivity contribution < 1.29 is 19.1 Å². The highest BCUT2D eigenvalue weighted by atomic mass is 35.5. The Balaban J connectivity index is 1.84. The van der Waals surface area contributed by atoms with E-state index in [4.69, 9.17) is 16.3 Å². The normalized spacial score (nSPS) is 13.9. The first-order valence-electron chi connectivity index (χ1n) is 10.8. The molecule has 1 fully saturated rings. The molecule has 1 aromatic rings. The minimum atomic E-state index is -0.309. The van der Waals surface area contributed by atoms with Crippen LogP contribution in [0.1, 0.15) is 31.7 Å². The van der Waals surface area contributed by atoms with E-state index in [1.807, 2.05) is 19.1 Å². The van der Waals surface area contributed by atoms with Crippen LogP contribution in [0.4, 0.5) is 0 Å². The molecule has 1 aliphatic carbocycles. The van der Waals surface area contributed by atoms with Crippen molar-refractivity contribution in [2.24, 2.45) is 5.92 Å². The van der Waals surface area contributed by atoms with Crippen molar-refractivity contribution >= 4 is 29.8 Å². The zero-order valence-electron chi connectivity index (χ0n) is 18.3. The van der Waals surface area contributed by atoms with E-state index in [-0.39, 0.29) is 24.4 Å². The van der Waals surface area contributed by atoms with Crippen LogP contribution in [0.5, 0.6) is 5.75 Å². The highest BCUT2D eigenvalue weighted by Gasteiger charge is 2.37. The number of benzene rings is 1. The first kappa shape index (κ1) is 24.9. The monoisotopic (exact) mass is 452 g/mol. The van der Waals surface area contributed by atoms with Crippen LogP contribution in [0, 0.1) is 5.92 Å². The number of ether oxygens (including phenoxy) is 1. The number of halogens is 1. The maximum atomic E-state index is 12.8. The molecule has 3 N–H and O–H groups in total. The summed E-state index contributed by atoms with van der Waals surface area (Å²) in [6, 6.07) is 5.23. The standard InChI is InChI=1S/C22H33ClN4O4/c1-3-25-20(29)14-27(2)22(30)21(17-6-7-17)26-11-12-31-19-13-18(23)9-8-16(19)5-4-10-24-15-28/h8-9,13,15,17,21,26H,3-7,10-12,14H2,1-2H3,(H,24,28)(H,25,29). The van der Waals surface area contributed by atoms with Crippen molar-refractivity contribution in [2.75, 3.05) is 39.8 Å². The molecule has 2 rings (SSSR count). The molecule has 0 radical (unpaired) electrons. The molecule has 0 spiro atoms. The molecule has 0 saturated heterocycles. The van der Waals surface area contributed by atoms with Crippen LogP contribution in [0.15, 0.2) is 18.2 Å². The lowest BCUT2D eigenvalue weighted by Gasteiger charge is -2.24. The molecule has 172 valence electrons. The van der Waals surface area contributed by atoms with Gasteiger partial charge in [0.2, 0.25) is 18.2 Å². The van der Waals surface area contributed by atoms with E-state index in [9.17, 15) is 14.4 Å². The van der Waals surface area contributed by atoms with Crippen LogP contribution in [-0.2, 0) is 20.8 Å². The SMILES string of the molecule is CCNC(=O)CN(C)C(=O)C(NCCOc1cc(Cl)ccc1CCCNC=O)C1CC1. The van der Waals surface area contributed by atoms with E-state index >= 15 is 0 Å². The summed E-state index contributed by atoms with van der Waals surface area (Å²) < 4.78 is 5.94. The van der Waals surface area contributed by atoms with Crippen LogP contribution in [0.3, 0.4) is 0 Å². The topological polar surface area (TPSA) is 99.8 Å². The van der Waals surface area contributed by atoms with E-state index in [0.29, 0.717) is 49.3 Å². The minimum absolute atomic E-state index is 0.0545. The van der Waals surface area contributed by atoms with Gasteiger partial charge in [-0.1, -0.05) is 17.7 Å². The fourth-order valence-corrected chi connectivity index (χ4v) is 3.52. The van der Waals surface area contributed by atoms with Gasteiger partial charge in [0.25, 0.3) is 0 Å². The number of likely N-dealkylation sites (N-methyl/N-ethyl adjacent to an activating group) is 2. The lowest BCUT2D eigenvalue weighted by atomic mass is 10.1. The lowest BCUT2D eigenvalue weighted by Crippen LogP contribution is -2.49. The average Bonchev–Trinajstić information content (AvgIpc) is 3.57. The Bertz CT molecular complexity index is 742. The minimum Gasteiger partial charge on any atom is -0.492 e. The molecule has 0 heterocycles. The molecule has 1 aliphatic rings. The second kappa shape index (κ2) is 13.2. The number of amides is 3. The highest BCUT2D eigenvalue weighted by Crippen LogP contribution is 2.33. The van der Waals surface area contributed by atoms with E-state index in [1.165, 1.54) is 4.90 Å². The van der Waals surface area contributed by atoms with Crippen molar-refractivity contribution in [3.8, 4) is 5.75 Å². The lowest BCUT2D eigenvalue weighted by molar-refractivity contribution is -0.136. The Labute approximate surface area is 189 Å². The summed E-state index contributed by atoms with van der Waals surface area (Å²) in [4.78, 5) is 36.4. The van der Waals surface area contributed by atoms with Crippen LogP contribution >= 0.6 is 11.6 Å². The van der Waals surface area contributed by atoms with Crippen LogP contribution in [0.25, 0.3) is 0 Å².